The van der Waals surface area contributed by atoms with Crippen molar-refractivity contribution < 1.29 is 17.9 Å². The number of hydrogen-bond acceptors (Lipinski definition) is 5. The molecule has 1 fully saturated rings. The molecule has 1 atom stereocenters. The van der Waals surface area contributed by atoms with Gasteiger partial charge in [-0.1, -0.05) is 0 Å². The summed E-state index contributed by atoms with van der Waals surface area (Å²) in [4.78, 5) is 11.8. The topological polar surface area (TPSA) is 75.7 Å². The maximum atomic E-state index is 12.6. The van der Waals surface area contributed by atoms with Gasteiger partial charge in [-0.2, -0.15) is 4.31 Å². The van der Waals surface area contributed by atoms with Crippen molar-refractivity contribution in [2.75, 3.05) is 26.2 Å². The normalized spacial score (nSPS) is 19.3. The largest absolute Gasteiger partial charge is 0.462 e. The van der Waals surface area contributed by atoms with Crippen molar-refractivity contribution in [1.82, 2.24) is 9.62 Å². The number of sulfonamides is 1. The number of ether oxygens (including phenoxy) is 1. The van der Waals surface area contributed by atoms with Crippen molar-refractivity contribution in [3.05, 3.63) is 29.8 Å². The first-order chi connectivity index (χ1) is 9.96. The van der Waals surface area contributed by atoms with E-state index in [1.165, 1.54) is 28.6 Å². The van der Waals surface area contributed by atoms with E-state index in [0.29, 0.717) is 25.2 Å². The van der Waals surface area contributed by atoms with Crippen LogP contribution in [0.4, 0.5) is 0 Å². The monoisotopic (exact) mass is 348 g/mol. The molecular weight excluding hydrogens is 328 g/mol. The average molecular weight is 349 g/mol. The van der Waals surface area contributed by atoms with Crippen LogP contribution in [0.1, 0.15) is 24.2 Å². The van der Waals surface area contributed by atoms with Gasteiger partial charge in [0.05, 0.1) is 17.1 Å². The highest BCUT2D eigenvalue weighted by atomic mass is 35.5. The van der Waals surface area contributed by atoms with Gasteiger partial charge in [-0.3, -0.25) is 0 Å². The number of halogens is 1. The van der Waals surface area contributed by atoms with Crippen molar-refractivity contribution in [3.63, 3.8) is 0 Å². The molecule has 6 nitrogen and oxygen atoms in total. The summed E-state index contributed by atoms with van der Waals surface area (Å²) in [7, 11) is -3.52. The first-order valence-corrected chi connectivity index (χ1v) is 8.40. The number of nitrogens with zero attached hydrogens (tertiary/aromatic N) is 1. The predicted octanol–water partition coefficient (Wildman–Crippen LogP) is 1.27. The van der Waals surface area contributed by atoms with Crippen LogP contribution in [0.25, 0.3) is 0 Å². The summed E-state index contributed by atoms with van der Waals surface area (Å²) >= 11 is 0. The molecule has 2 rings (SSSR count). The van der Waals surface area contributed by atoms with Crippen molar-refractivity contribution >= 4 is 28.4 Å². The van der Waals surface area contributed by atoms with Crippen LogP contribution in [-0.2, 0) is 14.8 Å². The van der Waals surface area contributed by atoms with E-state index in [-0.39, 0.29) is 30.0 Å². The third-order valence-electron chi connectivity index (χ3n) is 3.41. The molecule has 124 valence electrons. The summed E-state index contributed by atoms with van der Waals surface area (Å²) in [5, 5.41) is 3.16. The number of piperazine rings is 1. The highest BCUT2D eigenvalue weighted by Gasteiger charge is 2.30. The van der Waals surface area contributed by atoms with Crippen LogP contribution >= 0.6 is 12.4 Å². The Labute approximate surface area is 137 Å². The van der Waals surface area contributed by atoms with E-state index in [4.69, 9.17) is 4.74 Å². The Morgan fingerprint density at radius 3 is 2.55 bits per heavy atom. The molecule has 22 heavy (non-hydrogen) atoms. The highest BCUT2D eigenvalue weighted by molar-refractivity contribution is 7.89. The smallest absolute Gasteiger partial charge is 0.338 e. The van der Waals surface area contributed by atoms with Gasteiger partial charge in [0.25, 0.3) is 0 Å². The van der Waals surface area contributed by atoms with E-state index >= 15 is 0 Å². The van der Waals surface area contributed by atoms with Gasteiger partial charge in [-0.25, -0.2) is 13.2 Å². The minimum atomic E-state index is -3.52. The average Bonchev–Trinajstić information content (AvgIpc) is 2.48. The van der Waals surface area contributed by atoms with Crippen LogP contribution in [-0.4, -0.2) is 51.0 Å². The number of hydrogen-bond donors (Lipinski definition) is 1. The molecule has 0 spiro atoms. The molecule has 0 radical (unpaired) electrons. The zero-order valence-electron chi connectivity index (χ0n) is 12.6. The second kappa shape index (κ2) is 7.92. The molecule has 0 unspecified atom stereocenters. The van der Waals surface area contributed by atoms with E-state index in [1.807, 2.05) is 6.92 Å². The summed E-state index contributed by atoms with van der Waals surface area (Å²) in [5.74, 6) is -0.447. The van der Waals surface area contributed by atoms with Crippen LogP contribution < -0.4 is 5.32 Å². The maximum absolute atomic E-state index is 12.6. The van der Waals surface area contributed by atoms with Crippen LogP contribution in [0, 0.1) is 0 Å². The third-order valence-corrected chi connectivity index (χ3v) is 5.44. The molecule has 8 heteroatoms. The molecule has 1 aromatic carbocycles. The molecule has 1 aliphatic heterocycles. The molecule has 0 amide bonds. The van der Waals surface area contributed by atoms with Crippen LogP contribution in [0.5, 0.6) is 0 Å². The van der Waals surface area contributed by atoms with Crippen molar-refractivity contribution in [3.8, 4) is 0 Å². The Morgan fingerprint density at radius 1 is 1.36 bits per heavy atom. The minimum Gasteiger partial charge on any atom is -0.462 e. The van der Waals surface area contributed by atoms with Gasteiger partial charge >= 0.3 is 5.97 Å². The Hall–Kier alpha value is -1.15. The number of benzene rings is 1. The molecule has 1 aliphatic rings. The van der Waals surface area contributed by atoms with E-state index < -0.39 is 16.0 Å². The van der Waals surface area contributed by atoms with Gasteiger partial charge in [0, 0.05) is 25.7 Å². The van der Waals surface area contributed by atoms with Gasteiger partial charge in [-0.05, 0) is 38.1 Å². The lowest BCUT2D eigenvalue weighted by molar-refractivity contribution is 0.0526. The molecule has 0 aliphatic carbocycles. The summed E-state index contributed by atoms with van der Waals surface area (Å²) in [6.45, 7) is 5.62. The Kier molecular flexibility index (Phi) is 6.80. The molecule has 0 bridgehead atoms. The molecule has 1 saturated heterocycles. The standard InChI is InChI=1S/C14H20N2O4S.ClH/c1-3-20-14(17)12-4-6-13(7-5-12)21(18,19)16-9-8-15-10-11(16)2;/h4-7,11,15H,3,8-10H2,1-2H3;1H/t11-;/m0./s1. The first kappa shape index (κ1) is 18.9. The zero-order chi connectivity index (χ0) is 15.5. The number of nitrogens with one attached hydrogen (secondary N) is 1. The van der Waals surface area contributed by atoms with Gasteiger partial charge in [0.2, 0.25) is 10.0 Å². The van der Waals surface area contributed by atoms with Crippen molar-refractivity contribution in [2.45, 2.75) is 24.8 Å². The second-order valence-corrected chi connectivity index (χ2v) is 6.80. The Balaban J connectivity index is 0.00000242. The molecular formula is C14H21ClN2O4S. The first-order valence-electron chi connectivity index (χ1n) is 6.96. The van der Waals surface area contributed by atoms with E-state index in [9.17, 15) is 13.2 Å². The summed E-state index contributed by atoms with van der Waals surface area (Å²) in [6, 6.07) is 5.79. The molecule has 0 saturated carbocycles. The van der Waals surface area contributed by atoms with E-state index in [1.54, 1.807) is 6.92 Å². The zero-order valence-corrected chi connectivity index (χ0v) is 14.2. The van der Waals surface area contributed by atoms with Crippen molar-refractivity contribution in [2.24, 2.45) is 0 Å². The van der Waals surface area contributed by atoms with Crippen LogP contribution in [0.2, 0.25) is 0 Å². The lowest BCUT2D eigenvalue weighted by atomic mass is 10.2. The lowest BCUT2D eigenvalue weighted by Crippen LogP contribution is -2.52. The van der Waals surface area contributed by atoms with Gasteiger partial charge in [0.15, 0.2) is 0 Å². The number of carbonyl (C=O) groups is 1. The minimum absolute atomic E-state index is 0. The van der Waals surface area contributed by atoms with Gasteiger partial charge in [0.1, 0.15) is 0 Å². The van der Waals surface area contributed by atoms with Crippen molar-refractivity contribution in [1.29, 1.82) is 0 Å². The highest BCUT2D eigenvalue weighted by Crippen LogP contribution is 2.20. The van der Waals surface area contributed by atoms with Gasteiger partial charge in [-0.15, -0.1) is 12.4 Å². The molecule has 0 aromatic heterocycles. The fourth-order valence-electron chi connectivity index (χ4n) is 2.29. The Bertz CT molecular complexity index is 604. The van der Waals surface area contributed by atoms with Crippen LogP contribution in [0.3, 0.4) is 0 Å². The van der Waals surface area contributed by atoms with Crippen LogP contribution in [0.15, 0.2) is 29.2 Å². The second-order valence-electron chi connectivity index (χ2n) is 4.91. The SMILES string of the molecule is CCOC(=O)c1ccc(S(=O)(=O)N2CCNC[C@@H]2C)cc1.Cl. The lowest BCUT2D eigenvalue weighted by Gasteiger charge is -2.32. The molecule has 1 heterocycles. The number of rotatable bonds is 4. The summed E-state index contributed by atoms with van der Waals surface area (Å²) in [6.07, 6.45) is 0. The quantitative estimate of drug-likeness (QED) is 0.829. The molecule has 1 aromatic rings. The third kappa shape index (κ3) is 3.98. The number of esters is 1. The van der Waals surface area contributed by atoms with E-state index in [0.717, 1.165) is 0 Å². The number of carbonyl (C=O) groups excluding carboxylic acids is 1. The van der Waals surface area contributed by atoms with Gasteiger partial charge < -0.3 is 10.1 Å². The predicted molar refractivity (Wildman–Crippen MR) is 85.9 cm³/mol. The summed E-state index contributed by atoms with van der Waals surface area (Å²) < 4.78 is 31.5. The fourth-order valence-corrected chi connectivity index (χ4v) is 3.92. The summed E-state index contributed by atoms with van der Waals surface area (Å²) in [5.41, 5.74) is 0.351. The Morgan fingerprint density at radius 2 is 2.00 bits per heavy atom. The maximum Gasteiger partial charge on any atom is 0.338 e. The molecule has 1 N–H and O–H groups in total. The van der Waals surface area contributed by atoms with E-state index in [2.05, 4.69) is 5.32 Å². The fraction of sp³-hybridized carbons (Fsp3) is 0.500.